The molecule has 1 saturated heterocycles. The van der Waals surface area contributed by atoms with E-state index in [1.165, 1.54) is 5.06 Å². The number of piperidine rings is 1. The minimum atomic E-state index is -0.833. The fourth-order valence-electron chi connectivity index (χ4n) is 1.52. The molecule has 1 rings (SSSR count). The van der Waals surface area contributed by atoms with Crippen molar-refractivity contribution in [1.29, 1.82) is 5.26 Å². The maximum Gasteiger partial charge on any atom is 0.140 e. The summed E-state index contributed by atoms with van der Waals surface area (Å²) >= 11 is 0. The van der Waals surface area contributed by atoms with Gasteiger partial charge in [0.05, 0.1) is 6.07 Å². The number of hydroxylamine groups is 2. The van der Waals surface area contributed by atoms with Crippen LogP contribution in [0.5, 0.6) is 0 Å². The van der Waals surface area contributed by atoms with Crippen molar-refractivity contribution in [3.8, 4) is 6.07 Å². The molecule has 1 unspecified atom stereocenters. The van der Waals surface area contributed by atoms with E-state index in [-0.39, 0.29) is 0 Å². The number of nitrogens with zero attached hydrogens (tertiary/aromatic N) is 2. The Hall–Kier alpha value is -0.630. The highest BCUT2D eigenvalue weighted by molar-refractivity contribution is 4.85. The van der Waals surface area contributed by atoms with Crippen LogP contribution in [0.4, 0.5) is 0 Å². The summed E-state index contributed by atoms with van der Waals surface area (Å²) in [5.41, 5.74) is 0. The average Bonchev–Trinajstić information content (AvgIpc) is 2.09. The molecular weight excluding hydrogens is 156 g/mol. The molecule has 0 aromatic heterocycles. The third-order valence-electron chi connectivity index (χ3n) is 2.30. The maximum absolute atomic E-state index is 9.04. The van der Waals surface area contributed by atoms with Crippen molar-refractivity contribution >= 4 is 0 Å². The van der Waals surface area contributed by atoms with Gasteiger partial charge in [0.15, 0.2) is 0 Å². The maximum atomic E-state index is 9.04. The summed E-state index contributed by atoms with van der Waals surface area (Å²) in [7, 11) is 0. The van der Waals surface area contributed by atoms with Crippen LogP contribution in [0, 0.1) is 17.2 Å². The molecule has 1 aliphatic heterocycles. The number of nitriles is 1. The van der Waals surface area contributed by atoms with Gasteiger partial charge in [-0.3, -0.25) is 0 Å². The number of hydrogen-bond acceptors (Lipinski definition) is 4. The van der Waals surface area contributed by atoms with Crippen molar-refractivity contribution in [2.45, 2.75) is 25.4 Å². The van der Waals surface area contributed by atoms with Gasteiger partial charge >= 0.3 is 0 Å². The van der Waals surface area contributed by atoms with Crippen molar-refractivity contribution in [3.05, 3.63) is 0 Å². The predicted molar refractivity (Wildman–Crippen MR) is 42.3 cm³/mol. The first-order valence-corrected chi connectivity index (χ1v) is 4.24. The van der Waals surface area contributed by atoms with Crippen LogP contribution in [0.2, 0.25) is 0 Å². The Balaban J connectivity index is 2.22. The summed E-state index contributed by atoms with van der Waals surface area (Å²) in [5, 5.41) is 27.7. The zero-order valence-corrected chi connectivity index (χ0v) is 6.98. The second-order valence-corrected chi connectivity index (χ2v) is 3.28. The number of aliphatic hydroxyl groups is 1. The van der Waals surface area contributed by atoms with E-state index < -0.39 is 6.10 Å². The summed E-state index contributed by atoms with van der Waals surface area (Å²) in [6.07, 6.45) is 1.45. The quantitative estimate of drug-likeness (QED) is 0.587. The molecule has 1 fully saturated rings. The predicted octanol–water partition coefficient (Wildman–Crippen LogP) is 0.362. The zero-order chi connectivity index (χ0) is 8.97. The molecule has 0 bridgehead atoms. The summed E-state index contributed by atoms with van der Waals surface area (Å²) in [6, 6.07) is 1.80. The molecule has 1 aliphatic rings. The van der Waals surface area contributed by atoms with Gasteiger partial charge in [-0.05, 0) is 25.2 Å². The molecule has 68 valence electrons. The molecule has 0 spiro atoms. The molecule has 0 saturated carbocycles. The van der Waals surface area contributed by atoms with Crippen LogP contribution in [-0.2, 0) is 0 Å². The van der Waals surface area contributed by atoms with Gasteiger partial charge in [-0.2, -0.15) is 10.3 Å². The molecule has 12 heavy (non-hydrogen) atoms. The highest BCUT2D eigenvalue weighted by Gasteiger charge is 2.20. The van der Waals surface area contributed by atoms with Crippen LogP contribution in [0.15, 0.2) is 0 Å². The Kier molecular flexibility index (Phi) is 3.48. The third-order valence-corrected chi connectivity index (χ3v) is 2.30. The van der Waals surface area contributed by atoms with Gasteiger partial charge in [0, 0.05) is 13.1 Å². The first kappa shape index (κ1) is 9.46. The third kappa shape index (κ3) is 2.78. The minimum Gasteiger partial charge on any atom is -0.378 e. The van der Waals surface area contributed by atoms with Crippen molar-refractivity contribution in [2.75, 3.05) is 13.1 Å². The van der Waals surface area contributed by atoms with Crippen LogP contribution in [-0.4, -0.2) is 34.6 Å². The highest BCUT2D eigenvalue weighted by atomic mass is 16.5. The molecule has 0 radical (unpaired) electrons. The molecule has 4 nitrogen and oxygen atoms in total. The van der Waals surface area contributed by atoms with Crippen molar-refractivity contribution in [1.82, 2.24) is 5.06 Å². The second kappa shape index (κ2) is 4.41. The van der Waals surface area contributed by atoms with Crippen molar-refractivity contribution in [2.24, 2.45) is 5.92 Å². The average molecular weight is 170 g/mol. The molecule has 1 heterocycles. The number of aliphatic hydroxyl groups excluding tert-OH is 1. The van der Waals surface area contributed by atoms with Gasteiger partial charge in [0.25, 0.3) is 0 Å². The fourth-order valence-corrected chi connectivity index (χ4v) is 1.52. The van der Waals surface area contributed by atoms with Crippen molar-refractivity contribution < 1.29 is 10.3 Å². The largest absolute Gasteiger partial charge is 0.378 e. The number of hydrogen-bond donors (Lipinski definition) is 2. The van der Waals surface area contributed by atoms with Crippen LogP contribution in [0.1, 0.15) is 19.3 Å². The molecule has 0 aliphatic carbocycles. The molecule has 1 atom stereocenters. The van der Waals surface area contributed by atoms with E-state index in [2.05, 4.69) is 0 Å². The first-order valence-electron chi connectivity index (χ1n) is 4.24. The van der Waals surface area contributed by atoms with Gasteiger partial charge in [-0.15, -0.1) is 0 Å². The lowest BCUT2D eigenvalue weighted by Gasteiger charge is -2.27. The van der Waals surface area contributed by atoms with Crippen LogP contribution >= 0.6 is 0 Å². The van der Waals surface area contributed by atoms with Gasteiger partial charge in [0.2, 0.25) is 0 Å². The summed E-state index contributed by atoms with van der Waals surface area (Å²) in [4.78, 5) is 0. The summed E-state index contributed by atoms with van der Waals surface area (Å²) < 4.78 is 0. The van der Waals surface area contributed by atoms with E-state index in [1.54, 1.807) is 6.07 Å². The second-order valence-electron chi connectivity index (χ2n) is 3.28. The van der Waals surface area contributed by atoms with Crippen LogP contribution < -0.4 is 0 Å². The lowest BCUT2D eigenvalue weighted by atomic mass is 9.92. The Bertz CT molecular complexity index is 170. The summed E-state index contributed by atoms with van der Waals surface area (Å²) in [5.74, 6) is 0.392. The molecule has 0 amide bonds. The Morgan fingerprint density at radius 2 is 2.08 bits per heavy atom. The van der Waals surface area contributed by atoms with E-state index >= 15 is 0 Å². The van der Waals surface area contributed by atoms with E-state index in [9.17, 15) is 0 Å². The van der Waals surface area contributed by atoms with E-state index in [0.29, 0.717) is 25.4 Å². The highest BCUT2D eigenvalue weighted by Crippen LogP contribution is 2.20. The van der Waals surface area contributed by atoms with Crippen LogP contribution in [0.3, 0.4) is 0 Å². The molecule has 2 N–H and O–H groups in total. The molecular formula is C8H14N2O2. The van der Waals surface area contributed by atoms with Crippen molar-refractivity contribution in [3.63, 3.8) is 0 Å². The monoisotopic (exact) mass is 170 g/mol. The van der Waals surface area contributed by atoms with Crippen LogP contribution in [0.25, 0.3) is 0 Å². The van der Waals surface area contributed by atoms with Gasteiger partial charge in [0.1, 0.15) is 6.10 Å². The molecule has 4 heteroatoms. The minimum absolute atomic E-state index is 0.392. The molecule has 0 aromatic carbocycles. The summed E-state index contributed by atoms with van der Waals surface area (Å²) in [6.45, 7) is 1.31. The van der Waals surface area contributed by atoms with Gasteiger partial charge < -0.3 is 10.3 Å². The van der Waals surface area contributed by atoms with Gasteiger partial charge in [-0.25, -0.2) is 0 Å². The lowest BCUT2D eigenvalue weighted by Crippen LogP contribution is -2.32. The Labute approximate surface area is 72.0 Å². The standard InChI is InChI=1S/C8H14N2O2/c9-6-8(11)5-7-1-3-10(12)4-2-7/h7-8,11-12H,1-5H2. The molecule has 0 aromatic rings. The zero-order valence-electron chi connectivity index (χ0n) is 6.98. The lowest BCUT2D eigenvalue weighted by molar-refractivity contribution is -0.113. The topological polar surface area (TPSA) is 67.5 Å². The van der Waals surface area contributed by atoms with E-state index in [4.69, 9.17) is 15.6 Å². The van der Waals surface area contributed by atoms with E-state index in [0.717, 1.165) is 12.8 Å². The Morgan fingerprint density at radius 1 is 1.50 bits per heavy atom. The normalized spacial score (nSPS) is 23.4. The first-order chi connectivity index (χ1) is 5.72. The SMILES string of the molecule is N#CC(O)CC1CCN(O)CC1. The number of rotatable bonds is 2. The Morgan fingerprint density at radius 3 is 2.58 bits per heavy atom. The fraction of sp³-hybridized carbons (Fsp3) is 0.875. The smallest absolute Gasteiger partial charge is 0.140 e. The van der Waals surface area contributed by atoms with E-state index in [1.807, 2.05) is 0 Å². The van der Waals surface area contributed by atoms with Gasteiger partial charge in [-0.1, -0.05) is 0 Å².